The van der Waals surface area contributed by atoms with E-state index in [9.17, 15) is 0 Å². The van der Waals surface area contributed by atoms with Crippen LogP contribution in [0, 0.1) is 6.92 Å². The van der Waals surface area contributed by atoms with E-state index in [1.807, 2.05) is 49.4 Å². The molecule has 0 aliphatic rings. The molecule has 3 aromatic rings. The van der Waals surface area contributed by atoms with Crippen molar-refractivity contribution in [1.29, 1.82) is 0 Å². The molecule has 0 saturated carbocycles. The van der Waals surface area contributed by atoms with E-state index in [2.05, 4.69) is 4.98 Å². The highest BCUT2D eigenvalue weighted by Crippen LogP contribution is 2.31. The number of anilines is 1. The highest BCUT2D eigenvalue weighted by molar-refractivity contribution is 6.31. The van der Waals surface area contributed by atoms with Gasteiger partial charge in [0.15, 0.2) is 0 Å². The second kappa shape index (κ2) is 5.02. The Hall–Kier alpha value is -2.26. The minimum atomic E-state index is 0.658. The highest BCUT2D eigenvalue weighted by atomic mass is 35.5. The van der Waals surface area contributed by atoms with E-state index in [0.717, 1.165) is 33.7 Å². The molecule has 2 N–H and O–H groups in total. The Balaban J connectivity index is 2.04. The predicted molar refractivity (Wildman–Crippen MR) is 82.4 cm³/mol. The van der Waals surface area contributed by atoms with Crippen LogP contribution in [0.25, 0.3) is 10.9 Å². The lowest BCUT2D eigenvalue weighted by atomic mass is 10.2. The van der Waals surface area contributed by atoms with Gasteiger partial charge in [-0.3, -0.25) is 4.98 Å². The van der Waals surface area contributed by atoms with Crippen LogP contribution in [-0.4, -0.2) is 4.98 Å². The number of pyridine rings is 1. The van der Waals surface area contributed by atoms with Crippen LogP contribution in [0.15, 0.2) is 48.7 Å². The number of benzene rings is 2. The molecule has 0 radical (unpaired) electrons. The summed E-state index contributed by atoms with van der Waals surface area (Å²) >= 11 is 5.97. The Bertz CT molecular complexity index is 787. The summed E-state index contributed by atoms with van der Waals surface area (Å²) in [5, 5.41) is 1.58. The minimum absolute atomic E-state index is 0.658. The van der Waals surface area contributed by atoms with Crippen molar-refractivity contribution in [3.8, 4) is 11.5 Å². The first kappa shape index (κ1) is 12.8. The summed E-state index contributed by atoms with van der Waals surface area (Å²) in [6.07, 6.45) is 1.71. The lowest BCUT2D eigenvalue weighted by molar-refractivity contribution is 0.487. The van der Waals surface area contributed by atoms with Crippen LogP contribution in [0.4, 0.5) is 5.69 Å². The number of hydrogen-bond donors (Lipinski definition) is 1. The lowest BCUT2D eigenvalue weighted by Gasteiger charge is -2.10. The van der Waals surface area contributed by atoms with Crippen molar-refractivity contribution in [2.24, 2.45) is 0 Å². The molecule has 0 aliphatic heterocycles. The number of aryl methyl sites for hydroxylation is 1. The molecule has 4 heteroatoms. The van der Waals surface area contributed by atoms with Gasteiger partial charge in [0, 0.05) is 22.3 Å². The SMILES string of the molecule is Cc1cc(Oc2ccnc3cc(Cl)ccc23)ccc1N. The average Bonchev–Trinajstić information content (AvgIpc) is 2.43. The predicted octanol–water partition coefficient (Wildman–Crippen LogP) is 4.57. The van der Waals surface area contributed by atoms with E-state index in [4.69, 9.17) is 22.1 Å². The van der Waals surface area contributed by atoms with Gasteiger partial charge in [0.2, 0.25) is 0 Å². The van der Waals surface area contributed by atoms with Crippen LogP contribution >= 0.6 is 11.6 Å². The third kappa shape index (κ3) is 2.40. The molecule has 0 unspecified atom stereocenters. The Morgan fingerprint density at radius 1 is 1.10 bits per heavy atom. The first-order valence-corrected chi connectivity index (χ1v) is 6.59. The molecular formula is C16H13ClN2O. The number of hydrogen-bond acceptors (Lipinski definition) is 3. The van der Waals surface area contributed by atoms with E-state index in [1.165, 1.54) is 0 Å². The number of nitrogens with zero attached hydrogens (tertiary/aromatic N) is 1. The van der Waals surface area contributed by atoms with Crippen LogP contribution in [0.1, 0.15) is 5.56 Å². The van der Waals surface area contributed by atoms with E-state index in [0.29, 0.717) is 5.02 Å². The van der Waals surface area contributed by atoms with Gasteiger partial charge in [-0.15, -0.1) is 0 Å². The maximum atomic E-state index is 5.97. The Kier molecular flexibility index (Phi) is 3.20. The number of aromatic nitrogens is 1. The van der Waals surface area contributed by atoms with E-state index < -0.39 is 0 Å². The Labute approximate surface area is 122 Å². The Morgan fingerprint density at radius 3 is 2.75 bits per heavy atom. The van der Waals surface area contributed by atoms with Crippen LogP contribution in [0.3, 0.4) is 0 Å². The molecule has 3 rings (SSSR count). The van der Waals surface area contributed by atoms with Crippen molar-refractivity contribution < 1.29 is 4.74 Å². The maximum absolute atomic E-state index is 5.97. The van der Waals surface area contributed by atoms with Crippen molar-refractivity contribution in [2.75, 3.05) is 5.73 Å². The zero-order chi connectivity index (χ0) is 14.1. The first-order valence-electron chi connectivity index (χ1n) is 6.22. The molecule has 0 spiro atoms. The molecule has 20 heavy (non-hydrogen) atoms. The molecule has 1 aromatic heterocycles. The molecule has 0 aliphatic carbocycles. The zero-order valence-electron chi connectivity index (χ0n) is 10.9. The summed E-state index contributed by atoms with van der Waals surface area (Å²) in [5.74, 6) is 1.50. The van der Waals surface area contributed by atoms with Crippen molar-refractivity contribution in [1.82, 2.24) is 4.98 Å². The largest absolute Gasteiger partial charge is 0.457 e. The van der Waals surface area contributed by atoms with Gasteiger partial charge in [-0.05, 0) is 55.0 Å². The van der Waals surface area contributed by atoms with Gasteiger partial charge in [-0.25, -0.2) is 0 Å². The lowest BCUT2D eigenvalue weighted by Crippen LogP contribution is -1.91. The monoisotopic (exact) mass is 284 g/mol. The molecule has 0 fully saturated rings. The summed E-state index contributed by atoms with van der Waals surface area (Å²) in [5.41, 5.74) is 8.36. The number of ether oxygens (including phenoxy) is 1. The van der Waals surface area contributed by atoms with Gasteiger partial charge in [-0.1, -0.05) is 11.6 Å². The fraction of sp³-hybridized carbons (Fsp3) is 0.0625. The Morgan fingerprint density at radius 2 is 1.95 bits per heavy atom. The van der Waals surface area contributed by atoms with Crippen molar-refractivity contribution in [2.45, 2.75) is 6.92 Å². The van der Waals surface area contributed by atoms with Crippen LogP contribution in [0.2, 0.25) is 5.02 Å². The van der Waals surface area contributed by atoms with Crippen molar-refractivity contribution >= 4 is 28.2 Å². The number of nitrogen functional groups attached to an aromatic ring is 1. The number of fused-ring (bicyclic) bond motifs is 1. The van der Waals surface area contributed by atoms with Gasteiger partial charge in [0.25, 0.3) is 0 Å². The van der Waals surface area contributed by atoms with Crippen LogP contribution in [-0.2, 0) is 0 Å². The van der Waals surface area contributed by atoms with Crippen molar-refractivity contribution in [3.63, 3.8) is 0 Å². The first-order chi connectivity index (χ1) is 9.63. The molecule has 3 nitrogen and oxygen atoms in total. The van der Waals surface area contributed by atoms with Gasteiger partial charge in [-0.2, -0.15) is 0 Å². The minimum Gasteiger partial charge on any atom is -0.457 e. The highest BCUT2D eigenvalue weighted by Gasteiger charge is 2.06. The molecule has 2 aromatic carbocycles. The van der Waals surface area contributed by atoms with E-state index >= 15 is 0 Å². The number of rotatable bonds is 2. The summed E-state index contributed by atoms with van der Waals surface area (Å²) in [6.45, 7) is 1.95. The fourth-order valence-corrected chi connectivity index (χ4v) is 2.19. The van der Waals surface area contributed by atoms with Gasteiger partial charge < -0.3 is 10.5 Å². The van der Waals surface area contributed by atoms with Gasteiger partial charge in [0.05, 0.1) is 5.52 Å². The topological polar surface area (TPSA) is 48.1 Å². The van der Waals surface area contributed by atoms with E-state index in [1.54, 1.807) is 6.20 Å². The standard InChI is InChI=1S/C16H13ClN2O/c1-10-8-12(3-5-14(10)18)20-16-6-7-19-15-9-11(17)2-4-13(15)16/h2-9H,18H2,1H3. The molecular weight excluding hydrogens is 272 g/mol. The quantitative estimate of drug-likeness (QED) is 0.701. The summed E-state index contributed by atoms with van der Waals surface area (Å²) in [7, 11) is 0. The van der Waals surface area contributed by atoms with Gasteiger partial charge >= 0.3 is 0 Å². The maximum Gasteiger partial charge on any atom is 0.138 e. The molecule has 1 heterocycles. The molecule has 0 amide bonds. The summed E-state index contributed by atoms with van der Waals surface area (Å²) in [4.78, 5) is 4.29. The van der Waals surface area contributed by atoms with E-state index in [-0.39, 0.29) is 0 Å². The molecule has 0 bridgehead atoms. The second-order valence-corrected chi connectivity index (χ2v) is 5.03. The van der Waals surface area contributed by atoms with Crippen LogP contribution < -0.4 is 10.5 Å². The molecule has 0 atom stereocenters. The van der Waals surface area contributed by atoms with Crippen LogP contribution in [0.5, 0.6) is 11.5 Å². The summed E-state index contributed by atoms with van der Waals surface area (Å²) < 4.78 is 5.93. The molecule has 100 valence electrons. The fourth-order valence-electron chi connectivity index (χ4n) is 2.02. The smallest absolute Gasteiger partial charge is 0.138 e. The normalized spacial score (nSPS) is 10.7. The average molecular weight is 285 g/mol. The number of halogens is 1. The zero-order valence-corrected chi connectivity index (χ0v) is 11.7. The second-order valence-electron chi connectivity index (χ2n) is 4.59. The van der Waals surface area contributed by atoms with Crippen molar-refractivity contribution in [3.05, 3.63) is 59.2 Å². The summed E-state index contributed by atoms with van der Waals surface area (Å²) in [6, 6.07) is 13.0. The molecule has 0 saturated heterocycles. The number of nitrogens with two attached hydrogens (primary N) is 1. The third-order valence-electron chi connectivity index (χ3n) is 3.13. The van der Waals surface area contributed by atoms with Gasteiger partial charge in [0.1, 0.15) is 11.5 Å². The third-order valence-corrected chi connectivity index (χ3v) is 3.37.